The molecule has 0 radical (unpaired) electrons. The van der Waals surface area contributed by atoms with Crippen molar-refractivity contribution in [2.24, 2.45) is 11.8 Å². The van der Waals surface area contributed by atoms with E-state index in [2.05, 4.69) is 5.32 Å². The number of carbonyl (C=O) groups is 2. The highest BCUT2D eigenvalue weighted by Crippen LogP contribution is 2.17. The van der Waals surface area contributed by atoms with Gasteiger partial charge in [-0.1, -0.05) is 39.8 Å². The molecule has 0 spiro atoms. The van der Waals surface area contributed by atoms with Gasteiger partial charge in [-0.05, 0) is 36.5 Å². The molecule has 0 saturated heterocycles. The van der Waals surface area contributed by atoms with E-state index < -0.39 is 11.8 Å². The summed E-state index contributed by atoms with van der Waals surface area (Å²) in [5, 5.41) is 2.79. The second-order valence-electron chi connectivity index (χ2n) is 6.97. The Labute approximate surface area is 145 Å². The van der Waals surface area contributed by atoms with Gasteiger partial charge in [0, 0.05) is 13.1 Å². The van der Waals surface area contributed by atoms with E-state index in [0.717, 1.165) is 11.3 Å². The van der Waals surface area contributed by atoms with E-state index in [1.165, 1.54) is 0 Å². The SMILES string of the molecule is COc1ccc(C(C)NC(=O)C(=O)N(CC(C)C)CC(C)C)cc1. The van der Waals surface area contributed by atoms with E-state index in [0.29, 0.717) is 24.9 Å². The van der Waals surface area contributed by atoms with Crippen molar-refractivity contribution in [3.8, 4) is 5.75 Å². The molecule has 0 heterocycles. The van der Waals surface area contributed by atoms with Crippen LogP contribution in [0.25, 0.3) is 0 Å². The van der Waals surface area contributed by atoms with Gasteiger partial charge >= 0.3 is 11.8 Å². The molecule has 0 aromatic heterocycles. The Morgan fingerprint density at radius 3 is 1.92 bits per heavy atom. The highest BCUT2D eigenvalue weighted by Gasteiger charge is 2.24. The first kappa shape index (κ1) is 20.0. The lowest BCUT2D eigenvalue weighted by atomic mass is 10.1. The molecule has 0 saturated carbocycles. The summed E-state index contributed by atoms with van der Waals surface area (Å²) in [7, 11) is 1.61. The number of benzene rings is 1. The van der Waals surface area contributed by atoms with Crippen molar-refractivity contribution in [1.29, 1.82) is 0 Å². The molecule has 0 fully saturated rings. The maximum atomic E-state index is 12.5. The number of ether oxygens (including phenoxy) is 1. The highest BCUT2D eigenvalue weighted by molar-refractivity contribution is 6.35. The molecule has 0 aliphatic heterocycles. The standard InChI is InChI=1S/C19H30N2O3/c1-13(2)11-21(12-14(3)4)19(23)18(22)20-15(5)16-7-9-17(24-6)10-8-16/h7-10,13-15H,11-12H2,1-6H3,(H,20,22). The average Bonchev–Trinajstić information content (AvgIpc) is 2.52. The summed E-state index contributed by atoms with van der Waals surface area (Å²) >= 11 is 0. The van der Waals surface area contributed by atoms with Crippen molar-refractivity contribution in [1.82, 2.24) is 10.2 Å². The smallest absolute Gasteiger partial charge is 0.311 e. The number of methoxy groups -OCH3 is 1. The molecule has 24 heavy (non-hydrogen) atoms. The van der Waals surface area contributed by atoms with Gasteiger partial charge < -0.3 is 15.0 Å². The van der Waals surface area contributed by atoms with E-state index in [4.69, 9.17) is 4.74 Å². The molecule has 1 rings (SSSR count). The minimum absolute atomic E-state index is 0.243. The topological polar surface area (TPSA) is 58.6 Å². The molecule has 1 aromatic carbocycles. The Kier molecular flexibility index (Phi) is 7.75. The number of hydrogen-bond acceptors (Lipinski definition) is 3. The largest absolute Gasteiger partial charge is 0.497 e. The summed E-state index contributed by atoms with van der Waals surface area (Å²) in [6, 6.07) is 7.20. The van der Waals surface area contributed by atoms with Crippen molar-refractivity contribution in [2.75, 3.05) is 20.2 Å². The zero-order chi connectivity index (χ0) is 18.3. The van der Waals surface area contributed by atoms with Crippen LogP contribution in [0, 0.1) is 11.8 Å². The normalized spacial score (nSPS) is 12.2. The van der Waals surface area contributed by atoms with E-state index >= 15 is 0 Å². The predicted molar refractivity (Wildman–Crippen MR) is 95.8 cm³/mol. The van der Waals surface area contributed by atoms with Crippen LogP contribution < -0.4 is 10.1 Å². The van der Waals surface area contributed by atoms with Crippen LogP contribution in [-0.4, -0.2) is 36.9 Å². The Hall–Kier alpha value is -2.04. The molecule has 5 heteroatoms. The van der Waals surface area contributed by atoms with Crippen LogP contribution in [-0.2, 0) is 9.59 Å². The third kappa shape index (κ3) is 6.22. The number of amides is 2. The van der Waals surface area contributed by atoms with E-state index in [9.17, 15) is 9.59 Å². The third-order valence-electron chi connectivity index (χ3n) is 3.62. The highest BCUT2D eigenvalue weighted by atomic mass is 16.5. The number of rotatable bonds is 7. The lowest BCUT2D eigenvalue weighted by Crippen LogP contribution is -2.46. The molecule has 0 aliphatic carbocycles. The summed E-state index contributed by atoms with van der Waals surface area (Å²) in [6.07, 6.45) is 0. The first-order chi connectivity index (χ1) is 11.2. The fourth-order valence-electron chi connectivity index (χ4n) is 2.50. The van der Waals surface area contributed by atoms with Gasteiger partial charge in [-0.15, -0.1) is 0 Å². The predicted octanol–water partition coefficient (Wildman–Crippen LogP) is 3.01. The van der Waals surface area contributed by atoms with Crippen LogP contribution in [0.5, 0.6) is 5.75 Å². The molecule has 0 bridgehead atoms. The molecule has 1 unspecified atom stereocenters. The molecule has 1 N–H and O–H groups in total. The van der Waals surface area contributed by atoms with Crippen molar-refractivity contribution >= 4 is 11.8 Å². The Bertz CT molecular complexity index is 528. The maximum Gasteiger partial charge on any atom is 0.311 e. The van der Waals surface area contributed by atoms with Crippen molar-refractivity contribution in [3.05, 3.63) is 29.8 Å². The minimum Gasteiger partial charge on any atom is -0.497 e. The third-order valence-corrected chi connectivity index (χ3v) is 3.62. The lowest BCUT2D eigenvalue weighted by molar-refractivity contribution is -0.146. The monoisotopic (exact) mass is 334 g/mol. The quantitative estimate of drug-likeness (QED) is 0.780. The van der Waals surface area contributed by atoms with Crippen LogP contribution in [0.2, 0.25) is 0 Å². The molecule has 0 aliphatic rings. The number of carbonyl (C=O) groups excluding carboxylic acids is 2. The van der Waals surface area contributed by atoms with Gasteiger partial charge in [0.2, 0.25) is 0 Å². The summed E-state index contributed by atoms with van der Waals surface area (Å²) in [6.45, 7) is 11.2. The zero-order valence-electron chi connectivity index (χ0n) is 15.6. The first-order valence-electron chi connectivity index (χ1n) is 8.48. The fourth-order valence-corrected chi connectivity index (χ4v) is 2.50. The summed E-state index contributed by atoms with van der Waals surface area (Å²) in [4.78, 5) is 26.4. The zero-order valence-corrected chi connectivity index (χ0v) is 15.6. The van der Waals surface area contributed by atoms with Crippen LogP contribution in [0.1, 0.15) is 46.2 Å². The number of nitrogens with one attached hydrogen (secondary N) is 1. The Balaban J connectivity index is 2.73. The molecule has 134 valence electrons. The van der Waals surface area contributed by atoms with Gasteiger partial charge in [-0.25, -0.2) is 0 Å². The van der Waals surface area contributed by atoms with Gasteiger partial charge in [0.05, 0.1) is 13.2 Å². The Morgan fingerprint density at radius 2 is 1.50 bits per heavy atom. The first-order valence-corrected chi connectivity index (χ1v) is 8.48. The number of hydrogen-bond donors (Lipinski definition) is 1. The van der Waals surface area contributed by atoms with Crippen molar-refractivity contribution in [3.63, 3.8) is 0 Å². The average molecular weight is 334 g/mol. The van der Waals surface area contributed by atoms with Crippen LogP contribution in [0.4, 0.5) is 0 Å². The van der Waals surface area contributed by atoms with Crippen molar-refractivity contribution in [2.45, 2.75) is 40.7 Å². The van der Waals surface area contributed by atoms with Gasteiger partial charge in [0.25, 0.3) is 0 Å². The fraction of sp³-hybridized carbons (Fsp3) is 0.579. The van der Waals surface area contributed by atoms with Crippen molar-refractivity contribution < 1.29 is 14.3 Å². The van der Waals surface area contributed by atoms with E-state index in [1.807, 2.05) is 58.9 Å². The van der Waals surface area contributed by atoms with Gasteiger partial charge in [0.15, 0.2) is 0 Å². The minimum atomic E-state index is -0.556. The summed E-state index contributed by atoms with van der Waals surface area (Å²) < 4.78 is 5.13. The molecule has 5 nitrogen and oxygen atoms in total. The van der Waals surface area contributed by atoms with Crippen LogP contribution in [0.15, 0.2) is 24.3 Å². The van der Waals surface area contributed by atoms with Gasteiger partial charge in [0.1, 0.15) is 5.75 Å². The lowest BCUT2D eigenvalue weighted by Gasteiger charge is -2.26. The second kappa shape index (κ2) is 9.30. The van der Waals surface area contributed by atoms with Gasteiger partial charge in [-0.3, -0.25) is 9.59 Å². The molecular formula is C19H30N2O3. The van der Waals surface area contributed by atoms with Gasteiger partial charge in [-0.2, -0.15) is 0 Å². The molecule has 2 amide bonds. The van der Waals surface area contributed by atoms with Crippen LogP contribution >= 0.6 is 0 Å². The molecule has 1 aromatic rings. The van der Waals surface area contributed by atoms with E-state index in [-0.39, 0.29) is 6.04 Å². The summed E-state index contributed by atoms with van der Waals surface area (Å²) in [5.74, 6) is 0.379. The molecular weight excluding hydrogens is 304 g/mol. The number of nitrogens with zero attached hydrogens (tertiary/aromatic N) is 1. The maximum absolute atomic E-state index is 12.5. The molecule has 1 atom stereocenters. The summed E-state index contributed by atoms with van der Waals surface area (Å²) in [5.41, 5.74) is 0.927. The van der Waals surface area contributed by atoms with Crippen LogP contribution in [0.3, 0.4) is 0 Å². The Morgan fingerprint density at radius 1 is 1.00 bits per heavy atom. The second-order valence-corrected chi connectivity index (χ2v) is 6.97. The van der Waals surface area contributed by atoms with E-state index in [1.54, 1.807) is 12.0 Å².